The Kier molecular flexibility index (Phi) is 4.00. The third-order valence-electron chi connectivity index (χ3n) is 2.96. The number of aliphatic hydroxyl groups excluding tert-OH is 1. The van der Waals surface area contributed by atoms with Crippen LogP contribution in [0.25, 0.3) is 0 Å². The molecule has 0 amide bonds. The Bertz CT molecular complexity index is 506. The molecule has 2 rings (SSSR count). The number of rotatable bonds is 4. The quantitative estimate of drug-likeness (QED) is 0.889. The Morgan fingerprint density at radius 1 is 1.11 bits per heavy atom. The predicted molar refractivity (Wildman–Crippen MR) is 72.9 cm³/mol. The SMILES string of the molecule is CCOc1ccc(C(O)c2ccccc2)c(C)c1. The first-order valence-corrected chi connectivity index (χ1v) is 6.18. The highest BCUT2D eigenvalue weighted by Crippen LogP contribution is 2.27. The molecule has 18 heavy (non-hydrogen) atoms. The maximum atomic E-state index is 10.4. The molecule has 94 valence electrons. The zero-order chi connectivity index (χ0) is 13.0. The Morgan fingerprint density at radius 3 is 2.44 bits per heavy atom. The Hall–Kier alpha value is -1.80. The van der Waals surface area contributed by atoms with Crippen molar-refractivity contribution in [2.75, 3.05) is 6.61 Å². The molecule has 0 aromatic heterocycles. The van der Waals surface area contributed by atoms with E-state index in [1.807, 2.05) is 62.4 Å². The van der Waals surface area contributed by atoms with E-state index in [2.05, 4.69) is 0 Å². The topological polar surface area (TPSA) is 29.5 Å². The molecule has 2 aromatic carbocycles. The van der Waals surface area contributed by atoms with Crippen molar-refractivity contribution in [3.63, 3.8) is 0 Å². The maximum absolute atomic E-state index is 10.4. The van der Waals surface area contributed by atoms with E-state index in [0.29, 0.717) is 6.61 Å². The van der Waals surface area contributed by atoms with Crippen LogP contribution in [0.3, 0.4) is 0 Å². The van der Waals surface area contributed by atoms with E-state index in [4.69, 9.17) is 4.74 Å². The van der Waals surface area contributed by atoms with Gasteiger partial charge >= 0.3 is 0 Å². The number of benzene rings is 2. The van der Waals surface area contributed by atoms with Gasteiger partial charge in [0.05, 0.1) is 6.61 Å². The van der Waals surface area contributed by atoms with Gasteiger partial charge in [-0.25, -0.2) is 0 Å². The van der Waals surface area contributed by atoms with Crippen LogP contribution in [0.4, 0.5) is 0 Å². The number of aryl methyl sites for hydroxylation is 1. The molecule has 2 nitrogen and oxygen atoms in total. The normalized spacial score (nSPS) is 12.2. The highest BCUT2D eigenvalue weighted by atomic mass is 16.5. The number of hydrogen-bond donors (Lipinski definition) is 1. The van der Waals surface area contributed by atoms with E-state index < -0.39 is 6.10 Å². The van der Waals surface area contributed by atoms with E-state index in [1.165, 1.54) is 0 Å². The molecule has 0 saturated carbocycles. The van der Waals surface area contributed by atoms with Crippen LogP contribution in [-0.4, -0.2) is 11.7 Å². The van der Waals surface area contributed by atoms with Crippen LogP contribution in [0.15, 0.2) is 48.5 Å². The van der Waals surface area contributed by atoms with Crippen molar-refractivity contribution in [1.82, 2.24) is 0 Å². The van der Waals surface area contributed by atoms with E-state index in [-0.39, 0.29) is 0 Å². The lowest BCUT2D eigenvalue weighted by Gasteiger charge is -2.15. The van der Waals surface area contributed by atoms with Gasteiger partial charge in [-0.05, 0) is 42.7 Å². The molecule has 2 heteroatoms. The summed E-state index contributed by atoms with van der Waals surface area (Å²) in [5.74, 6) is 0.846. The summed E-state index contributed by atoms with van der Waals surface area (Å²) in [7, 11) is 0. The fraction of sp³-hybridized carbons (Fsp3) is 0.250. The molecular weight excluding hydrogens is 224 g/mol. The summed E-state index contributed by atoms with van der Waals surface area (Å²) >= 11 is 0. The summed E-state index contributed by atoms with van der Waals surface area (Å²) < 4.78 is 5.45. The summed E-state index contributed by atoms with van der Waals surface area (Å²) in [5, 5.41) is 10.4. The Morgan fingerprint density at radius 2 is 1.83 bits per heavy atom. The summed E-state index contributed by atoms with van der Waals surface area (Å²) in [6.07, 6.45) is -0.582. The fourth-order valence-electron chi connectivity index (χ4n) is 2.03. The third-order valence-corrected chi connectivity index (χ3v) is 2.96. The summed E-state index contributed by atoms with van der Waals surface area (Å²) in [5.41, 5.74) is 2.87. The van der Waals surface area contributed by atoms with Gasteiger partial charge in [0, 0.05) is 0 Å². The highest BCUT2D eigenvalue weighted by Gasteiger charge is 2.12. The third kappa shape index (κ3) is 2.71. The van der Waals surface area contributed by atoms with Gasteiger partial charge in [0.2, 0.25) is 0 Å². The van der Waals surface area contributed by atoms with Crippen molar-refractivity contribution < 1.29 is 9.84 Å². The van der Waals surface area contributed by atoms with Crippen LogP contribution >= 0.6 is 0 Å². The van der Waals surface area contributed by atoms with Crippen LogP contribution in [0.1, 0.15) is 29.7 Å². The molecule has 1 unspecified atom stereocenters. The first-order chi connectivity index (χ1) is 8.72. The molecule has 0 saturated heterocycles. The number of ether oxygens (including phenoxy) is 1. The van der Waals surface area contributed by atoms with Gasteiger partial charge in [0.1, 0.15) is 11.9 Å². The van der Waals surface area contributed by atoms with Crippen molar-refractivity contribution in [1.29, 1.82) is 0 Å². The van der Waals surface area contributed by atoms with Gasteiger partial charge in [-0.2, -0.15) is 0 Å². The van der Waals surface area contributed by atoms with Crippen LogP contribution in [-0.2, 0) is 0 Å². The molecule has 0 radical (unpaired) electrons. The lowest BCUT2D eigenvalue weighted by atomic mass is 9.97. The van der Waals surface area contributed by atoms with Crippen LogP contribution in [0.5, 0.6) is 5.75 Å². The zero-order valence-electron chi connectivity index (χ0n) is 10.8. The molecule has 0 heterocycles. The fourth-order valence-corrected chi connectivity index (χ4v) is 2.03. The number of hydrogen-bond acceptors (Lipinski definition) is 2. The monoisotopic (exact) mass is 242 g/mol. The number of aliphatic hydroxyl groups is 1. The smallest absolute Gasteiger partial charge is 0.119 e. The first kappa shape index (κ1) is 12.7. The second-order valence-corrected chi connectivity index (χ2v) is 4.26. The van der Waals surface area contributed by atoms with Gasteiger partial charge in [0.15, 0.2) is 0 Å². The van der Waals surface area contributed by atoms with Crippen molar-refractivity contribution in [3.8, 4) is 5.75 Å². The Balaban J connectivity index is 2.28. The van der Waals surface area contributed by atoms with E-state index >= 15 is 0 Å². The maximum Gasteiger partial charge on any atom is 0.119 e. The summed E-state index contributed by atoms with van der Waals surface area (Å²) in [6.45, 7) is 4.60. The zero-order valence-corrected chi connectivity index (χ0v) is 10.8. The van der Waals surface area contributed by atoms with Gasteiger partial charge in [-0.15, -0.1) is 0 Å². The van der Waals surface area contributed by atoms with Crippen LogP contribution < -0.4 is 4.74 Å². The average Bonchev–Trinajstić information content (AvgIpc) is 2.40. The van der Waals surface area contributed by atoms with Crippen molar-refractivity contribution in [2.24, 2.45) is 0 Å². The molecule has 0 aliphatic rings. The minimum atomic E-state index is -0.582. The van der Waals surface area contributed by atoms with Crippen molar-refractivity contribution >= 4 is 0 Å². The van der Waals surface area contributed by atoms with E-state index in [9.17, 15) is 5.11 Å². The van der Waals surface area contributed by atoms with E-state index in [0.717, 1.165) is 22.4 Å². The van der Waals surface area contributed by atoms with Crippen LogP contribution in [0, 0.1) is 6.92 Å². The molecule has 1 N–H and O–H groups in total. The average molecular weight is 242 g/mol. The second-order valence-electron chi connectivity index (χ2n) is 4.26. The molecule has 0 aliphatic heterocycles. The Labute approximate surface area is 108 Å². The van der Waals surface area contributed by atoms with Crippen molar-refractivity contribution in [3.05, 3.63) is 65.2 Å². The summed E-state index contributed by atoms with van der Waals surface area (Å²) in [4.78, 5) is 0. The largest absolute Gasteiger partial charge is 0.494 e. The minimum Gasteiger partial charge on any atom is -0.494 e. The molecule has 0 aliphatic carbocycles. The summed E-state index contributed by atoms with van der Waals surface area (Å²) in [6, 6.07) is 15.5. The van der Waals surface area contributed by atoms with Crippen molar-refractivity contribution in [2.45, 2.75) is 20.0 Å². The van der Waals surface area contributed by atoms with E-state index in [1.54, 1.807) is 0 Å². The molecule has 1 atom stereocenters. The van der Waals surface area contributed by atoms with Gasteiger partial charge in [-0.1, -0.05) is 36.4 Å². The van der Waals surface area contributed by atoms with Crippen LogP contribution in [0.2, 0.25) is 0 Å². The second kappa shape index (κ2) is 5.69. The minimum absolute atomic E-state index is 0.582. The molecule has 0 spiro atoms. The van der Waals surface area contributed by atoms with Gasteiger partial charge in [-0.3, -0.25) is 0 Å². The predicted octanol–water partition coefficient (Wildman–Crippen LogP) is 3.48. The molecule has 0 fully saturated rings. The lowest BCUT2D eigenvalue weighted by Crippen LogP contribution is -2.02. The lowest BCUT2D eigenvalue weighted by molar-refractivity contribution is 0.219. The van der Waals surface area contributed by atoms with Gasteiger partial charge < -0.3 is 9.84 Å². The molecule has 2 aromatic rings. The first-order valence-electron chi connectivity index (χ1n) is 6.18. The standard InChI is InChI=1S/C16H18O2/c1-3-18-14-9-10-15(12(2)11-14)16(17)13-7-5-4-6-8-13/h4-11,16-17H,3H2,1-2H3. The molecule has 0 bridgehead atoms. The molecular formula is C16H18O2. The van der Waals surface area contributed by atoms with Gasteiger partial charge in [0.25, 0.3) is 0 Å². The highest BCUT2D eigenvalue weighted by molar-refractivity contribution is 5.39.